The van der Waals surface area contributed by atoms with Crippen LogP contribution in [0.25, 0.3) is 22.2 Å². The molecule has 0 aliphatic rings. The SMILES string of the molecule is CCn1c(-c2ccc(NC=O)cc2)c(C#N)c2ccc(OC)cc21. The van der Waals surface area contributed by atoms with Gasteiger partial charge in [-0.25, -0.2) is 0 Å². The van der Waals surface area contributed by atoms with E-state index in [-0.39, 0.29) is 0 Å². The van der Waals surface area contributed by atoms with E-state index in [0.29, 0.717) is 17.7 Å². The van der Waals surface area contributed by atoms with Crippen LogP contribution in [0, 0.1) is 11.3 Å². The number of methoxy groups -OCH3 is 1. The second-order valence-corrected chi connectivity index (χ2v) is 5.30. The summed E-state index contributed by atoms with van der Waals surface area (Å²) in [6, 6.07) is 15.5. The van der Waals surface area contributed by atoms with E-state index in [4.69, 9.17) is 4.74 Å². The molecule has 3 rings (SSSR count). The monoisotopic (exact) mass is 319 g/mol. The predicted octanol–water partition coefficient (Wildman–Crippen LogP) is 3.78. The van der Waals surface area contributed by atoms with Crippen molar-refractivity contribution in [3.8, 4) is 23.1 Å². The predicted molar refractivity (Wildman–Crippen MR) is 94.0 cm³/mol. The molecule has 5 nitrogen and oxygen atoms in total. The third-order valence-corrected chi connectivity index (χ3v) is 4.08. The first-order valence-electron chi connectivity index (χ1n) is 7.64. The number of fused-ring (bicyclic) bond motifs is 1. The average Bonchev–Trinajstić information content (AvgIpc) is 2.95. The van der Waals surface area contributed by atoms with E-state index < -0.39 is 0 Å². The Labute approximate surface area is 140 Å². The fourth-order valence-corrected chi connectivity index (χ4v) is 2.99. The van der Waals surface area contributed by atoms with Crippen LogP contribution in [0.4, 0.5) is 5.69 Å². The Hall–Kier alpha value is -3.26. The molecule has 0 radical (unpaired) electrons. The van der Waals surface area contributed by atoms with Gasteiger partial charge in [-0.3, -0.25) is 4.79 Å². The number of nitrogens with zero attached hydrogens (tertiary/aromatic N) is 2. The second-order valence-electron chi connectivity index (χ2n) is 5.30. The minimum atomic E-state index is 0.644. The van der Waals surface area contributed by atoms with Crippen molar-refractivity contribution in [2.24, 2.45) is 0 Å². The molecule has 1 aromatic heterocycles. The summed E-state index contributed by atoms with van der Waals surface area (Å²) in [7, 11) is 1.63. The zero-order chi connectivity index (χ0) is 17.1. The minimum absolute atomic E-state index is 0.644. The van der Waals surface area contributed by atoms with Gasteiger partial charge in [-0.15, -0.1) is 0 Å². The number of hydrogen-bond acceptors (Lipinski definition) is 3. The molecule has 0 aliphatic heterocycles. The quantitative estimate of drug-likeness (QED) is 0.728. The Kier molecular flexibility index (Phi) is 4.21. The van der Waals surface area contributed by atoms with Gasteiger partial charge in [0.05, 0.1) is 23.9 Å². The smallest absolute Gasteiger partial charge is 0.211 e. The maximum absolute atomic E-state index is 10.5. The highest BCUT2D eigenvalue weighted by Crippen LogP contribution is 2.35. The van der Waals surface area contributed by atoms with Gasteiger partial charge < -0.3 is 14.6 Å². The Morgan fingerprint density at radius 1 is 1.25 bits per heavy atom. The highest BCUT2D eigenvalue weighted by atomic mass is 16.5. The van der Waals surface area contributed by atoms with Crippen LogP contribution >= 0.6 is 0 Å². The number of carbonyl (C=O) groups excluding carboxylic acids is 1. The maximum Gasteiger partial charge on any atom is 0.211 e. The third-order valence-electron chi connectivity index (χ3n) is 4.08. The van der Waals surface area contributed by atoms with Crippen LogP contribution < -0.4 is 10.1 Å². The highest BCUT2D eigenvalue weighted by molar-refractivity contribution is 5.95. The molecule has 0 unspecified atom stereocenters. The molecule has 0 atom stereocenters. The van der Waals surface area contributed by atoms with Gasteiger partial charge in [-0.1, -0.05) is 12.1 Å². The van der Waals surface area contributed by atoms with Crippen molar-refractivity contribution in [1.29, 1.82) is 5.26 Å². The molecule has 0 fully saturated rings. The number of carbonyl (C=O) groups is 1. The Morgan fingerprint density at radius 3 is 2.58 bits per heavy atom. The minimum Gasteiger partial charge on any atom is -0.497 e. The number of rotatable bonds is 5. The van der Waals surface area contributed by atoms with E-state index in [1.165, 1.54) is 0 Å². The van der Waals surface area contributed by atoms with Gasteiger partial charge in [0.15, 0.2) is 0 Å². The molecule has 0 saturated carbocycles. The number of anilines is 1. The van der Waals surface area contributed by atoms with Crippen LogP contribution in [-0.4, -0.2) is 18.1 Å². The molecule has 0 saturated heterocycles. The molecule has 2 aromatic carbocycles. The summed E-state index contributed by atoms with van der Waals surface area (Å²) in [5.74, 6) is 0.760. The normalized spacial score (nSPS) is 10.4. The number of nitriles is 1. The number of hydrogen-bond donors (Lipinski definition) is 1. The van der Waals surface area contributed by atoms with Crippen LogP contribution in [0.3, 0.4) is 0 Å². The molecule has 1 heterocycles. The van der Waals surface area contributed by atoms with Gasteiger partial charge >= 0.3 is 0 Å². The lowest BCUT2D eigenvalue weighted by molar-refractivity contribution is -0.105. The Balaban J connectivity index is 2.26. The molecule has 120 valence electrons. The van der Waals surface area contributed by atoms with E-state index in [0.717, 1.165) is 34.5 Å². The number of aromatic nitrogens is 1. The summed E-state index contributed by atoms with van der Waals surface area (Å²) in [6.07, 6.45) is 0.644. The molecular weight excluding hydrogens is 302 g/mol. The van der Waals surface area contributed by atoms with E-state index >= 15 is 0 Å². The standard InChI is InChI=1S/C19H17N3O2/c1-3-22-18-10-15(24-2)8-9-16(18)17(11-20)19(22)13-4-6-14(7-5-13)21-12-23/h4-10,12H,3H2,1-2H3,(H,21,23). The largest absolute Gasteiger partial charge is 0.497 e. The van der Waals surface area contributed by atoms with E-state index in [2.05, 4.69) is 16.0 Å². The molecule has 5 heteroatoms. The fraction of sp³-hybridized carbons (Fsp3) is 0.158. The number of ether oxygens (including phenoxy) is 1. The molecule has 1 amide bonds. The molecule has 1 N–H and O–H groups in total. The van der Waals surface area contributed by atoms with E-state index in [1.807, 2.05) is 49.4 Å². The van der Waals surface area contributed by atoms with Gasteiger partial charge in [0, 0.05) is 23.7 Å². The Bertz CT molecular complexity index is 934. The zero-order valence-electron chi connectivity index (χ0n) is 13.5. The number of aryl methyl sites for hydroxylation is 1. The number of nitrogens with one attached hydrogen (secondary N) is 1. The average molecular weight is 319 g/mol. The summed E-state index contributed by atoms with van der Waals surface area (Å²) in [5.41, 5.74) is 4.14. The number of amides is 1. The van der Waals surface area contributed by atoms with Gasteiger partial charge in [0.25, 0.3) is 0 Å². The van der Waals surface area contributed by atoms with Crippen LogP contribution in [0.15, 0.2) is 42.5 Å². The Morgan fingerprint density at radius 2 is 2.00 bits per heavy atom. The van der Waals surface area contributed by atoms with Gasteiger partial charge in [0.2, 0.25) is 6.41 Å². The first-order chi connectivity index (χ1) is 11.7. The van der Waals surface area contributed by atoms with Crippen molar-refractivity contribution < 1.29 is 9.53 Å². The molecule has 0 bridgehead atoms. The third kappa shape index (κ3) is 2.48. The van der Waals surface area contributed by atoms with Crippen molar-refractivity contribution in [1.82, 2.24) is 4.57 Å². The summed E-state index contributed by atoms with van der Waals surface area (Å²) in [4.78, 5) is 10.5. The molecule has 0 spiro atoms. The van der Waals surface area contributed by atoms with E-state index in [1.54, 1.807) is 7.11 Å². The van der Waals surface area contributed by atoms with Crippen molar-refractivity contribution in [3.63, 3.8) is 0 Å². The zero-order valence-corrected chi connectivity index (χ0v) is 13.5. The van der Waals surface area contributed by atoms with Crippen molar-refractivity contribution in [2.45, 2.75) is 13.5 Å². The molecule has 3 aromatic rings. The second kappa shape index (κ2) is 6.47. The molecule has 24 heavy (non-hydrogen) atoms. The fourth-order valence-electron chi connectivity index (χ4n) is 2.99. The highest BCUT2D eigenvalue weighted by Gasteiger charge is 2.18. The van der Waals surface area contributed by atoms with Crippen molar-refractivity contribution in [2.75, 3.05) is 12.4 Å². The topological polar surface area (TPSA) is 67.0 Å². The lowest BCUT2D eigenvalue weighted by Gasteiger charge is -2.10. The summed E-state index contributed by atoms with van der Waals surface area (Å²) >= 11 is 0. The summed E-state index contributed by atoms with van der Waals surface area (Å²) in [5, 5.41) is 13.2. The van der Waals surface area contributed by atoms with Gasteiger partial charge in [-0.2, -0.15) is 5.26 Å². The summed E-state index contributed by atoms with van der Waals surface area (Å²) in [6.45, 7) is 2.78. The molecule has 0 aliphatic carbocycles. The van der Waals surface area contributed by atoms with Crippen LogP contribution in [0.1, 0.15) is 12.5 Å². The van der Waals surface area contributed by atoms with Gasteiger partial charge in [0.1, 0.15) is 11.8 Å². The lowest BCUT2D eigenvalue weighted by Crippen LogP contribution is -1.98. The van der Waals surface area contributed by atoms with Crippen LogP contribution in [0.5, 0.6) is 5.75 Å². The molecular formula is C19H17N3O2. The lowest BCUT2D eigenvalue weighted by atomic mass is 10.1. The first kappa shape index (κ1) is 15.6. The van der Waals surface area contributed by atoms with Crippen molar-refractivity contribution in [3.05, 3.63) is 48.0 Å². The van der Waals surface area contributed by atoms with Crippen LogP contribution in [0.2, 0.25) is 0 Å². The first-order valence-corrected chi connectivity index (χ1v) is 7.64. The van der Waals surface area contributed by atoms with Gasteiger partial charge in [-0.05, 0) is 36.8 Å². The summed E-state index contributed by atoms with van der Waals surface area (Å²) < 4.78 is 7.43. The van der Waals surface area contributed by atoms with E-state index in [9.17, 15) is 10.1 Å². The number of benzene rings is 2. The maximum atomic E-state index is 10.5. The van der Waals surface area contributed by atoms with Crippen molar-refractivity contribution >= 4 is 23.0 Å². The van der Waals surface area contributed by atoms with Crippen LogP contribution in [-0.2, 0) is 11.3 Å².